The quantitative estimate of drug-likeness (QED) is 0.875. The highest BCUT2D eigenvalue weighted by atomic mass is 79.9. The monoisotopic (exact) mass is 299 g/mol. The van der Waals surface area contributed by atoms with Crippen LogP contribution in [0, 0.1) is 12.7 Å². The van der Waals surface area contributed by atoms with Crippen LogP contribution in [0.25, 0.3) is 0 Å². The first-order valence-electron chi connectivity index (χ1n) is 5.00. The first-order valence-corrected chi connectivity index (χ1v) is 5.80. The maximum atomic E-state index is 13.0. The molecule has 1 aromatic carbocycles. The lowest BCUT2D eigenvalue weighted by atomic mass is 10.3. The third-order valence-electron chi connectivity index (χ3n) is 2.44. The minimum atomic E-state index is -0.313. The van der Waals surface area contributed by atoms with Crippen molar-refractivity contribution in [2.45, 2.75) is 13.5 Å². The van der Waals surface area contributed by atoms with Crippen molar-refractivity contribution < 1.29 is 9.13 Å². The molecular formula is C11H11BrFN3O. The van der Waals surface area contributed by atoms with Crippen molar-refractivity contribution in [2.24, 2.45) is 7.05 Å². The number of aromatic nitrogens is 3. The molecule has 2 rings (SSSR count). The Hall–Kier alpha value is -1.43. The number of nitrogens with zero attached hydrogens (tertiary/aromatic N) is 3. The van der Waals surface area contributed by atoms with Gasteiger partial charge in [-0.05, 0) is 41.1 Å². The number of hydrogen-bond acceptors (Lipinski definition) is 3. The van der Waals surface area contributed by atoms with Crippen LogP contribution in [-0.4, -0.2) is 14.8 Å². The molecule has 0 aliphatic carbocycles. The second-order valence-electron chi connectivity index (χ2n) is 3.59. The van der Waals surface area contributed by atoms with Gasteiger partial charge in [0.15, 0.2) is 5.82 Å². The predicted octanol–water partition coefficient (Wildman–Crippen LogP) is 2.60. The fraction of sp³-hybridized carbons (Fsp3) is 0.273. The first kappa shape index (κ1) is 12.0. The van der Waals surface area contributed by atoms with E-state index in [1.54, 1.807) is 12.1 Å². The SMILES string of the molecule is Cc1nnc(COc2ccc(F)c(Br)c2)n1C. The van der Waals surface area contributed by atoms with E-state index < -0.39 is 0 Å². The highest BCUT2D eigenvalue weighted by Gasteiger charge is 2.06. The van der Waals surface area contributed by atoms with Gasteiger partial charge in [-0.25, -0.2) is 4.39 Å². The Morgan fingerprint density at radius 1 is 1.41 bits per heavy atom. The number of rotatable bonds is 3. The molecule has 4 nitrogen and oxygen atoms in total. The summed E-state index contributed by atoms with van der Waals surface area (Å²) in [5, 5.41) is 7.90. The van der Waals surface area contributed by atoms with Gasteiger partial charge in [0, 0.05) is 7.05 Å². The zero-order valence-corrected chi connectivity index (χ0v) is 11.0. The molecule has 0 unspecified atom stereocenters. The second kappa shape index (κ2) is 4.83. The minimum Gasteiger partial charge on any atom is -0.486 e. The standard InChI is InChI=1S/C11H11BrFN3O/c1-7-14-15-11(16(7)2)6-17-8-3-4-10(13)9(12)5-8/h3-5H,6H2,1-2H3. The average molecular weight is 300 g/mol. The first-order chi connectivity index (χ1) is 8.08. The van der Waals surface area contributed by atoms with Crippen LogP contribution in [0.3, 0.4) is 0 Å². The van der Waals surface area contributed by atoms with E-state index in [-0.39, 0.29) is 5.82 Å². The number of aryl methyl sites for hydroxylation is 1. The van der Waals surface area contributed by atoms with Crippen LogP contribution in [0.4, 0.5) is 4.39 Å². The minimum absolute atomic E-state index is 0.301. The van der Waals surface area contributed by atoms with E-state index in [0.29, 0.717) is 16.8 Å². The fourth-order valence-electron chi connectivity index (χ4n) is 1.29. The molecule has 0 radical (unpaired) electrons. The molecule has 0 amide bonds. The molecule has 0 bridgehead atoms. The molecule has 0 aliphatic rings. The van der Waals surface area contributed by atoms with Crippen molar-refractivity contribution in [3.63, 3.8) is 0 Å². The van der Waals surface area contributed by atoms with Crippen molar-refractivity contribution in [3.05, 3.63) is 40.1 Å². The lowest BCUT2D eigenvalue weighted by Crippen LogP contribution is -2.04. The van der Waals surface area contributed by atoms with E-state index in [2.05, 4.69) is 26.1 Å². The predicted molar refractivity (Wildman–Crippen MR) is 64.2 cm³/mol. The number of hydrogen-bond donors (Lipinski definition) is 0. The summed E-state index contributed by atoms with van der Waals surface area (Å²) >= 11 is 3.10. The number of halogens is 2. The molecule has 0 N–H and O–H groups in total. The summed E-state index contributed by atoms with van der Waals surface area (Å²) in [6.07, 6.45) is 0. The summed E-state index contributed by atoms with van der Waals surface area (Å²) in [4.78, 5) is 0. The second-order valence-corrected chi connectivity index (χ2v) is 4.44. The third-order valence-corrected chi connectivity index (χ3v) is 3.05. The van der Waals surface area contributed by atoms with Gasteiger partial charge in [-0.15, -0.1) is 10.2 Å². The van der Waals surface area contributed by atoms with E-state index in [0.717, 1.165) is 11.6 Å². The van der Waals surface area contributed by atoms with Crippen LogP contribution in [-0.2, 0) is 13.7 Å². The topological polar surface area (TPSA) is 39.9 Å². The summed E-state index contributed by atoms with van der Waals surface area (Å²) in [5.41, 5.74) is 0. The van der Waals surface area contributed by atoms with Gasteiger partial charge in [0.2, 0.25) is 0 Å². The van der Waals surface area contributed by atoms with Crippen molar-refractivity contribution >= 4 is 15.9 Å². The Morgan fingerprint density at radius 2 is 2.18 bits per heavy atom. The maximum Gasteiger partial charge on any atom is 0.170 e. The van der Waals surface area contributed by atoms with Gasteiger partial charge in [-0.2, -0.15) is 0 Å². The summed E-state index contributed by atoms with van der Waals surface area (Å²) in [5.74, 6) is 1.82. The van der Waals surface area contributed by atoms with Gasteiger partial charge < -0.3 is 9.30 Å². The average Bonchev–Trinajstić information content (AvgIpc) is 2.62. The lowest BCUT2D eigenvalue weighted by Gasteiger charge is -2.06. The van der Waals surface area contributed by atoms with Crippen molar-refractivity contribution in [3.8, 4) is 5.75 Å². The van der Waals surface area contributed by atoms with Gasteiger partial charge in [-0.1, -0.05) is 0 Å². The van der Waals surface area contributed by atoms with Gasteiger partial charge >= 0.3 is 0 Å². The highest BCUT2D eigenvalue weighted by Crippen LogP contribution is 2.22. The van der Waals surface area contributed by atoms with E-state index in [9.17, 15) is 4.39 Å². The summed E-state index contributed by atoms with van der Waals surface area (Å²) < 4.78 is 20.7. The van der Waals surface area contributed by atoms with Crippen molar-refractivity contribution in [2.75, 3.05) is 0 Å². The zero-order valence-electron chi connectivity index (χ0n) is 9.44. The summed E-state index contributed by atoms with van der Waals surface area (Å²) in [6, 6.07) is 4.50. The third kappa shape index (κ3) is 2.63. The Bertz CT molecular complexity index is 542. The van der Waals surface area contributed by atoms with Crippen molar-refractivity contribution in [1.29, 1.82) is 0 Å². The molecule has 2 aromatic rings. The van der Waals surface area contributed by atoms with Crippen LogP contribution >= 0.6 is 15.9 Å². The molecule has 0 saturated heterocycles. The molecule has 0 spiro atoms. The Labute approximate surface area is 107 Å². The van der Waals surface area contributed by atoms with E-state index >= 15 is 0 Å². The fourth-order valence-corrected chi connectivity index (χ4v) is 1.65. The molecule has 0 aliphatic heterocycles. The molecule has 0 atom stereocenters. The van der Waals surface area contributed by atoms with E-state index in [4.69, 9.17) is 4.74 Å². The van der Waals surface area contributed by atoms with Crippen LogP contribution in [0.1, 0.15) is 11.6 Å². The molecule has 17 heavy (non-hydrogen) atoms. The van der Waals surface area contributed by atoms with Gasteiger partial charge in [-0.3, -0.25) is 0 Å². The van der Waals surface area contributed by atoms with Crippen LogP contribution in [0.2, 0.25) is 0 Å². The summed E-state index contributed by atoms with van der Waals surface area (Å²) in [6.45, 7) is 2.17. The largest absolute Gasteiger partial charge is 0.486 e. The van der Waals surface area contributed by atoms with E-state index in [1.165, 1.54) is 6.07 Å². The van der Waals surface area contributed by atoms with Crippen molar-refractivity contribution in [1.82, 2.24) is 14.8 Å². The van der Waals surface area contributed by atoms with Gasteiger partial charge in [0.05, 0.1) is 4.47 Å². The highest BCUT2D eigenvalue weighted by molar-refractivity contribution is 9.10. The zero-order chi connectivity index (χ0) is 12.4. The molecule has 1 aromatic heterocycles. The molecule has 1 heterocycles. The molecule has 90 valence electrons. The normalized spacial score (nSPS) is 10.6. The molecule has 6 heteroatoms. The lowest BCUT2D eigenvalue weighted by molar-refractivity contribution is 0.290. The Balaban J connectivity index is 2.07. The molecule has 0 fully saturated rings. The number of benzene rings is 1. The molecular weight excluding hydrogens is 289 g/mol. The van der Waals surface area contributed by atoms with Gasteiger partial charge in [0.25, 0.3) is 0 Å². The maximum absolute atomic E-state index is 13.0. The Kier molecular flexibility index (Phi) is 3.42. The Morgan fingerprint density at radius 3 is 2.76 bits per heavy atom. The van der Waals surface area contributed by atoms with Gasteiger partial charge in [0.1, 0.15) is 24.0 Å². The van der Waals surface area contributed by atoms with E-state index in [1.807, 2.05) is 18.5 Å². The molecule has 0 saturated carbocycles. The number of ether oxygens (including phenoxy) is 1. The van der Waals surface area contributed by atoms with Crippen LogP contribution in [0.5, 0.6) is 5.75 Å². The van der Waals surface area contributed by atoms with Crippen LogP contribution < -0.4 is 4.74 Å². The smallest absolute Gasteiger partial charge is 0.170 e. The summed E-state index contributed by atoms with van der Waals surface area (Å²) in [7, 11) is 1.87. The van der Waals surface area contributed by atoms with Crippen LogP contribution in [0.15, 0.2) is 22.7 Å².